The van der Waals surface area contributed by atoms with Gasteiger partial charge in [-0.05, 0) is 37.5 Å². The summed E-state index contributed by atoms with van der Waals surface area (Å²) >= 11 is 1.09. The van der Waals surface area contributed by atoms with Crippen molar-refractivity contribution in [3.05, 3.63) is 34.5 Å². The normalized spacial score (nSPS) is 19.0. The van der Waals surface area contributed by atoms with E-state index >= 15 is 0 Å². The van der Waals surface area contributed by atoms with Gasteiger partial charge >= 0.3 is 0 Å². The summed E-state index contributed by atoms with van der Waals surface area (Å²) in [4.78, 5) is 12.6. The highest BCUT2D eigenvalue weighted by Crippen LogP contribution is 2.32. The summed E-state index contributed by atoms with van der Waals surface area (Å²) in [6.45, 7) is 2.24. The first kappa shape index (κ1) is 16.4. The van der Waals surface area contributed by atoms with E-state index in [1.807, 2.05) is 0 Å². The Bertz CT molecular complexity index is 854. The van der Waals surface area contributed by atoms with E-state index in [2.05, 4.69) is 4.72 Å². The van der Waals surface area contributed by atoms with Gasteiger partial charge in [0.15, 0.2) is 0 Å². The highest BCUT2D eigenvalue weighted by molar-refractivity contribution is 7.90. The van der Waals surface area contributed by atoms with Crippen LogP contribution in [-0.4, -0.2) is 32.8 Å². The van der Waals surface area contributed by atoms with E-state index in [4.69, 9.17) is 4.74 Å². The molecule has 8 heteroatoms. The summed E-state index contributed by atoms with van der Waals surface area (Å²) in [6.07, 6.45) is 1.11. The van der Waals surface area contributed by atoms with Gasteiger partial charge < -0.3 is 4.74 Å². The van der Waals surface area contributed by atoms with Gasteiger partial charge in [0.05, 0.1) is 11.5 Å². The fraction of sp³-hybridized carbons (Fsp3) is 0.400. The van der Waals surface area contributed by atoms with Crippen molar-refractivity contribution in [2.24, 2.45) is 0 Å². The number of amides is 1. The molecule has 5 nitrogen and oxygen atoms in total. The Morgan fingerprint density at radius 3 is 2.87 bits per heavy atom. The van der Waals surface area contributed by atoms with E-state index in [-0.39, 0.29) is 11.5 Å². The highest BCUT2D eigenvalue weighted by Gasteiger charge is 2.31. The predicted octanol–water partition coefficient (Wildman–Crippen LogP) is 2.59. The fourth-order valence-corrected chi connectivity index (χ4v) is 5.15. The standard InChI is InChI=1S/C15H16FNO4S2/c1-9-13-11(16)5-2-6-12(13)22-14(9)15(18)17-23(19,20)10-4-3-7-21-8-10/h2,5-6,10H,3-4,7-8H2,1H3,(H,17,18). The van der Waals surface area contributed by atoms with Crippen molar-refractivity contribution in [1.82, 2.24) is 4.72 Å². The second-order valence-corrected chi connectivity index (χ2v) is 8.50. The molecule has 23 heavy (non-hydrogen) atoms. The number of hydrogen-bond acceptors (Lipinski definition) is 5. The average molecular weight is 357 g/mol. The van der Waals surface area contributed by atoms with Gasteiger partial charge in [-0.1, -0.05) is 6.07 Å². The molecule has 0 bridgehead atoms. The second kappa shape index (κ2) is 6.18. The molecule has 1 aromatic heterocycles. The maximum Gasteiger partial charge on any atom is 0.275 e. The summed E-state index contributed by atoms with van der Waals surface area (Å²) in [5.74, 6) is -1.13. The van der Waals surface area contributed by atoms with Crippen molar-refractivity contribution < 1.29 is 22.3 Å². The molecule has 1 aromatic carbocycles. The van der Waals surface area contributed by atoms with Crippen LogP contribution in [0.25, 0.3) is 10.1 Å². The van der Waals surface area contributed by atoms with Crippen LogP contribution in [0, 0.1) is 12.7 Å². The minimum absolute atomic E-state index is 0.0860. The number of nitrogens with one attached hydrogen (secondary N) is 1. The van der Waals surface area contributed by atoms with Crippen molar-refractivity contribution in [3.63, 3.8) is 0 Å². The molecule has 1 amide bonds. The van der Waals surface area contributed by atoms with E-state index in [9.17, 15) is 17.6 Å². The molecule has 0 saturated carbocycles. The van der Waals surface area contributed by atoms with E-state index < -0.39 is 27.0 Å². The van der Waals surface area contributed by atoms with E-state index in [1.165, 1.54) is 6.07 Å². The Hall–Kier alpha value is -1.51. The zero-order valence-electron chi connectivity index (χ0n) is 12.5. The first-order valence-corrected chi connectivity index (χ1v) is 9.58. The number of halogens is 1. The lowest BCUT2D eigenvalue weighted by molar-refractivity contribution is 0.0955. The first-order valence-electron chi connectivity index (χ1n) is 7.21. The second-order valence-electron chi connectivity index (χ2n) is 5.48. The van der Waals surface area contributed by atoms with Crippen LogP contribution in [-0.2, 0) is 14.8 Å². The van der Waals surface area contributed by atoms with Crippen LogP contribution >= 0.6 is 11.3 Å². The van der Waals surface area contributed by atoms with E-state index in [0.717, 1.165) is 11.3 Å². The SMILES string of the molecule is Cc1c(C(=O)NS(=O)(=O)C2CCCOC2)sc2cccc(F)c12. The van der Waals surface area contributed by atoms with E-state index in [1.54, 1.807) is 19.1 Å². The third kappa shape index (κ3) is 3.11. The van der Waals surface area contributed by atoms with Crippen LogP contribution < -0.4 is 4.72 Å². The number of ether oxygens (including phenoxy) is 1. The quantitative estimate of drug-likeness (QED) is 0.916. The van der Waals surface area contributed by atoms with Crippen molar-refractivity contribution in [2.45, 2.75) is 25.0 Å². The van der Waals surface area contributed by atoms with Gasteiger partial charge in [-0.2, -0.15) is 0 Å². The molecule has 2 aromatic rings. The van der Waals surface area contributed by atoms with Gasteiger partial charge in [0.25, 0.3) is 5.91 Å². The van der Waals surface area contributed by atoms with Crippen LogP contribution in [0.1, 0.15) is 28.1 Å². The lowest BCUT2D eigenvalue weighted by atomic mass is 10.1. The monoisotopic (exact) mass is 357 g/mol. The third-order valence-electron chi connectivity index (χ3n) is 3.90. The van der Waals surface area contributed by atoms with Crippen molar-refractivity contribution >= 4 is 37.4 Å². The van der Waals surface area contributed by atoms with Crippen molar-refractivity contribution in [2.75, 3.05) is 13.2 Å². The Kier molecular flexibility index (Phi) is 4.39. The van der Waals surface area contributed by atoms with Crippen molar-refractivity contribution in [3.8, 4) is 0 Å². The summed E-state index contributed by atoms with van der Waals surface area (Å²) in [5, 5.41) is -0.368. The molecule has 1 unspecified atom stereocenters. The van der Waals surface area contributed by atoms with Gasteiger partial charge in [0.1, 0.15) is 11.1 Å². The van der Waals surface area contributed by atoms with Gasteiger partial charge in [0.2, 0.25) is 10.0 Å². The maximum atomic E-state index is 13.9. The minimum atomic E-state index is -3.81. The summed E-state index contributed by atoms with van der Waals surface area (Å²) < 4.78 is 46.3. The molecule has 1 aliphatic heterocycles. The van der Waals surface area contributed by atoms with Gasteiger partial charge in [-0.15, -0.1) is 11.3 Å². The first-order chi connectivity index (χ1) is 10.9. The maximum absolute atomic E-state index is 13.9. The molecule has 1 fully saturated rings. The number of aryl methyl sites for hydroxylation is 1. The molecular weight excluding hydrogens is 341 g/mol. The molecule has 1 saturated heterocycles. The zero-order chi connectivity index (χ0) is 16.6. The number of sulfonamides is 1. The Balaban J connectivity index is 1.89. The number of fused-ring (bicyclic) bond motifs is 1. The van der Waals surface area contributed by atoms with E-state index in [0.29, 0.717) is 35.1 Å². The summed E-state index contributed by atoms with van der Waals surface area (Å²) in [5.41, 5.74) is 0.454. The van der Waals surface area contributed by atoms with Gasteiger partial charge in [-0.25, -0.2) is 17.5 Å². The van der Waals surface area contributed by atoms with Crippen molar-refractivity contribution in [1.29, 1.82) is 0 Å². The molecule has 1 N–H and O–H groups in total. The molecule has 3 rings (SSSR count). The summed E-state index contributed by atoms with van der Waals surface area (Å²) in [7, 11) is -3.81. The molecule has 1 atom stereocenters. The topological polar surface area (TPSA) is 72.5 Å². The van der Waals surface area contributed by atoms with Gasteiger partial charge in [0, 0.05) is 16.7 Å². The minimum Gasteiger partial charge on any atom is -0.380 e. The molecule has 0 spiro atoms. The highest BCUT2D eigenvalue weighted by atomic mass is 32.2. The third-order valence-corrected chi connectivity index (χ3v) is 6.88. The molecular formula is C15H16FNO4S2. The number of carbonyl (C=O) groups excluding carboxylic acids is 1. The Labute approximate surface area is 137 Å². The lowest BCUT2D eigenvalue weighted by Crippen LogP contribution is -2.42. The van der Waals surface area contributed by atoms with Gasteiger partial charge in [-0.3, -0.25) is 4.79 Å². The Morgan fingerprint density at radius 2 is 2.22 bits per heavy atom. The van der Waals surface area contributed by atoms with Crippen LogP contribution in [0.5, 0.6) is 0 Å². The lowest BCUT2D eigenvalue weighted by Gasteiger charge is -2.22. The average Bonchev–Trinajstić information content (AvgIpc) is 2.86. The smallest absolute Gasteiger partial charge is 0.275 e. The zero-order valence-corrected chi connectivity index (χ0v) is 14.1. The molecule has 2 heterocycles. The summed E-state index contributed by atoms with van der Waals surface area (Å²) in [6, 6.07) is 4.58. The van der Waals surface area contributed by atoms with Crippen LogP contribution in [0.4, 0.5) is 4.39 Å². The van der Waals surface area contributed by atoms with Crippen LogP contribution in [0.15, 0.2) is 18.2 Å². The molecule has 124 valence electrons. The largest absolute Gasteiger partial charge is 0.380 e. The van der Waals surface area contributed by atoms with Crippen LogP contribution in [0.2, 0.25) is 0 Å². The number of carbonyl (C=O) groups is 1. The fourth-order valence-electron chi connectivity index (χ4n) is 2.68. The number of rotatable bonds is 3. The Morgan fingerprint density at radius 1 is 1.43 bits per heavy atom. The molecule has 0 aliphatic carbocycles. The van der Waals surface area contributed by atoms with Crippen LogP contribution in [0.3, 0.4) is 0 Å². The number of thiophene rings is 1. The molecule has 1 aliphatic rings. The predicted molar refractivity (Wildman–Crippen MR) is 86.7 cm³/mol. The molecule has 0 radical (unpaired) electrons. The number of hydrogen-bond donors (Lipinski definition) is 1. The number of benzene rings is 1.